The van der Waals surface area contributed by atoms with Crippen molar-refractivity contribution in [3.8, 4) is 0 Å². The van der Waals surface area contributed by atoms with Crippen molar-refractivity contribution in [2.24, 2.45) is 0 Å². The average Bonchev–Trinajstić information content (AvgIpc) is 2.62. The van der Waals surface area contributed by atoms with E-state index in [-0.39, 0.29) is 12.2 Å². The summed E-state index contributed by atoms with van der Waals surface area (Å²) in [4.78, 5) is 0. The Balaban J connectivity index is 2.15. The Morgan fingerprint density at radius 2 is 2.23 bits per heavy atom. The quantitative estimate of drug-likeness (QED) is 0.668. The van der Waals surface area contributed by atoms with Crippen molar-refractivity contribution in [2.75, 3.05) is 0 Å². The van der Waals surface area contributed by atoms with Crippen LogP contribution in [0.1, 0.15) is 18.8 Å². The van der Waals surface area contributed by atoms with Gasteiger partial charge in [-0.1, -0.05) is 6.08 Å². The van der Waals surface area contributed by atoms with Crippen molar-refractivity contribution in [2.45, 2.75) is 25.2 Å². The minimum Gasteiger partial charge on any atom is -0.466 e. The van der Waals surface area contributed by atoms with Crippen molar-refractivity contribution < 1.29 is 14.3 Å². The topological polar surface area (TPSA) is 42.6 Å². The van der Waals surface area contributed by atoms with Crippen LogP contribution in [-0.2, 0) is 4.74 Å². The molecule has 2 heterocycles. The van der Waals surface area contributed by atoms with Crippen molar-refractivity contribution in [1.29, 1.82) is 0 Å². The summed E-state index contributed by atoms with van der Waals surface area (Å²) < 4.78 is 10.7. The highest BCUT2D eigenvalue weighted by Crippen LogP contribution is 2.26. The third kappa shape index (κ3) is 1.66. The summed E-state index contributed by atoms with van der Waals surface area (Å²) in [5.41, 5.74) is 0. The zero-order chi connectivity index (χ0) is 9.26. The third-order valence-electron chi connectivity index (χ3n) is 2.15. The van der Waals surface area contributed by atoms with Crippen LogP contribution >= 0.6 is 0 Å². The summed E-state index contributed by atoms with van der Waals surface area (Å²) in [5.74, 6) is 0.773. The Labute approximate surface area is 76.6 Å². The summed E-state index contributed by atoms with van der Waals surface area (Å²) in [6.07, 6.45) is 4.31. The predicted molar refractivity (Wildman–Crippen MR) is 47.1 cm³/mol. The fraction of sp³-hybridized carbons (Fsp3) is 0.400. The van der Waals surface area contributed by atoms with E-state index < -0.39 is 6.10 Å². The van der Waals surface area contributed by atoms with Gasteiger partial charge in [-0.05, 0) is 25.1 Å². The molecule has 2 rings (SSSR count). The third-order valence-corrected chi connectivity index (χ3v) is 2.15. The van der Waals surface area contributed by atoms with Gasteiger partial charge in [0.1, 0.15) is 11.9 Å². The maximum atomic E-state index is 9.35. The molecule has 0 radical (unpaired) electrons. The second-order valence-corrected chi connectivity index (χ2v) is 3.15. The van der Waals surface area contributed by atoms with E-state index in [4.69, 9.17) is 9.15 Å². The van der Waals surface area contributed by atoms with Crippen LogP contribution in [0.5, 0.6) is 0 Å². The number of aliphatic hydroxyl groups excluding tert-OH is 1. The summed E-state index contributed by atoms with van der Waals surface area (Å²) in [5, 5.41) is 9.35. The molecular weight excluding hydrogens is 168 g/mol. The Hall–Kier alpha value is -1.06. The normalized spacial score (nSPS) is 33.5. The molecule has 0 aromatic carbocycles. The molecule has 1 aromatic rings. The molecule has 0 aliphatic carbocycles. The van der Waals surface area contributed by atoms with E-state index in [0.29, 0.717) is 0 Å². The van der Waals surface area contributed by atoms with E-state index in [1.54, 1.807) is 12.3 Å². The minimum absolute atomic E-state index is 0.159. The van der Waals surface area contributed by atoms with E-state index in [0.717, 1.165) is 5.76 Å². The lowest BCUT2D eigenvalue weighted by Gasteiger charge is -2.25. The largest absolute Gasteiger partial charge is 0.466 e. The van der Waals surface area contributed by atoms with Crippen molar-refractivity contribution in [1.82, 2.24) is 0 Å². The van der Waals surface area contributed by atoms with Crippen LogP contribution in [0.4, 0.5) is 0 Å². The van der Waals surface area contributed by atoms with Crippen LogP contribution in [0.3, 0.4) is 0 Å². The predicted octanol–water partition coefficient (Wildman–Crippen LogP) is 1.66. The highest BCUT2D eigenvalue weighted by Gasteiger charge is 2.23. The molecule has 0 bridgehead atoms. The zero-order valence-corrected chi connectivity index (χ0v) is 7.38. The van der Waals surface area contributed by atoms with Crippen LogP contribution in [-0.4, -0.2) is 17.3 Å². The molecule has 0 saturated carbocycles. The van der Waals surface area contributed by atoms with E-state index >= 15 is 0 Å². The second kappa shape index (κ2) is 3.36. The van der Waals surface area contributed by atoms with Crippen LogP contribution in [0.15, 0.2) is 35.0 Å². The highest BCUT2D eigenvalue weighted by atomic mass is 16.5. The second-order valence-electron chi connectivity index (χ2n) is 3.15. The van der Waals surface area contributed by atoms with Crippen molar-refractivity contribution in [3.63, 3.8) is 0 Å². The molecule has 1 aromatic heterocycles. The summed E-state index contributed by atoms with van der Waals surface area (Å²) in [6.45, 7) is 1.84. The highest BCUT2D eigenvalue weighted by molar-refractivity contribution is 5.13. The number of hydrogen-bond donors (Lipinski definition) is 1. The van der Waals surface area contributed by atoms with Crippen LogP contribution in [0.25, 0.3) is 0 Å². The molecule has 0 fully saturated rings. The SMILES string of the molecule is C[C@H]1O[C@@H](c2ccco2)C=C[C@@H]1O. The van der Waals surface area contributed by atoms with E-state index in [9.17, 15) is 5.11 Å². The Morgan fingerprint density at radius 3 is 2.85 bits per heavy atom. The number of hydrogen-bond acceptors (Lipinski definition) is 3. The van der Waals surface area contributed by atoms with Crippen molar-refractivity contribution >= 4 is 0 Å². The van der Waals surface area contributed by atoms with Crippen LogP contribution in [0.2, 0.25) is 0 Å². The molecule has 3 heteroatoms. The van der Waals surface area contributed by atoms with Crippen LogP contribution < -0.4 is 0 Å². The fourth-order valence-corrected chi connectivity index (χ4v) is 1.34. The molecule has 1 aliphatic rings. The van der Waals surface area contributed by atoms with Gasteiger partial charge in [0, 0.05) is 0 Å². The first-order chi connectivity index (χ1) is 6.27. The maximum absolute atomic E-state index is 9.35. The van der Waals surface area contributed by atoms with Gasteiger partial charge >= 0.3 is 0 Å². The molecule has 3 atom stereocenters. The summed E-state index contributed by atoms with van der Waals surface area (Å²) in [6, 6.07) is 3.68. The van der Waals surface area contributed by atoms with Gasteiger partial charge in [0.15, 0.2) is 0 Å². The van der Waals surface area contributed by atoms with E-state index in [1.807, 2.05) is 25.1 Å². The fourth-order valence-electron chi connectivity index (χ4n) is 1.34. The standard InChI is InChI=1S/C10H12O3/c1-7-8(11)4-5-10(13-7)9-3-2-6-12-9/h2-8,10-11H,1H3/t7-,8+,10-/m1/s1. The van der Waals surface area contributed by atoms with Crippen LogP contribution in [0, 0.1) is 0 Å². The molecule has 1 aliphatic heterocycles. The van der Waals surface area contributed by atoms with Gasteiger partial charge in [-0.15, -0.1) is 0 Å². The lowest BCUT2D eigenvalue weighted by Crippen LogP contribution is -2.29. The molecule has 0 saturated heterocycles. The lowest BCUT2D eigenvalue weighted by molar-refractivity contribution is -0.0535. The number of ether oxygens (including phenoxy) is 1. The van der Waals surface area contributed by atoms with Gasteiger partial charge in [-0.25, -0.2) is 0 Å². The molecule has 70 valence electrons. The first kappa shape index (κ1) is 8.53. The maximum Gasteiger partial charge on any atom is 0.136 e. The molecule has 0 spiro atoms. The smallest absolute Gasteiger partial charge is 0.136 e. The first-order valence-electron chi connectivity index (χ1n) is 4.32. The monoisotopic (exact) mass is 180 g/mol. The Bertz CT molecular complexity index is 289. The molecule has 1 N–H and O–H groups in total. The van der Waals surface area contributed by atoms with E-state index in [2.05, 4.69) is 0 Å². The molecule has 3 nitrogen and oxygen atoms in total. The number of aliphatic hydroxyl groups is 1. The van der Waals surface area contributed by atoms with E-state index in [1.165, 1.54) is 0 Å². The van der Waals surface area contributed by atoms with Gasteiger partial charge < -0.3 is 14.3 Å². The van der Waals surface area contributed by atoms with Crippen molar-refractivity contribution in [3.05, 3.63) is 36.3 Å². The molecular formula is C10H12O3. The van der Waals surface area contributed by atoms with Gasteiger partial charge in [-0.2, -0.15) is 0 Å². The summed E-state index contributed by atoms with van der Waals surface area (Å²) >= 11 is 0. The lowest BCUT2D eigenvalue weighted by atomic mass is 10.1. The van der Waals surface area contributed by atoms with Gasteiger partial charge in [0.2, 0.25) is 0 Å². The molecule has 0 unspecified atom stereocenters. The number of rotatable bonds is 1. The zero-order valence-electron chi connectivity index (χ0n) is 7.38. The molecule has 0 amide bonds. The Kier molecular flexibility index (Phi) is 2.20. The van der Waals surface area contributed by atoms with Gasteiger partial charge in [-0.3, -0.25) is 0 Å². The first-order valence-corrected chi connectivity index (χ1v) is 4.32. The Morgan fingerprint density at radius 1 is 1.38 bits per heavy atom. The van der Waals surface area contributed by atoms with Gasteiger partial charge in [0.05, 0.1) is 18.5 Å². The molecule has 13 heavy (non-hydrogen) atoms. The van der Waals surface area contributed by atoms with Gasteiger partial charge in [0.25, 0.3) is 0 Å². The number of furan rings is 1. The average molecular weight is 180 g/mol. The minimum atomic E-state index is -0.508. The summed E-state index contributed by atoms with van der Waals surface area (Å²) in [7, 11) is 0.